The first kappa shape index (κ1) is 15.2. The Kier molecular flexibility index (Phi) is 5.31. The first-order valence-electron chi connectivity index (χ1n) is 7.04. The maximum atomic E-state index is 12.1. The van der Waals surface area contributed by atoms with E-state index in [1.54, 1.807) is 0 Å². The molecular weight excluding hydrogens is 276 g/mol. The molecule has 112 valence electrons. The number of rotatable bonds is 5. The van der Waals surface area contributed by atoms with Crippen LogP contribution in [0.1, 0.15) is 36.6 Å². The van der Waals surface area contributed by atoms with Gasteiger partial charge in [0.2, 0.25) is 5.91 Å². The molecule has 7 heteroatoms. The SMILES string of the molecule is CN(C)CCCC(=O)N1CCC(c2n[nH]c(=O)s2)CC1. The summed E-state index contributed by atoms with van der Waals surface area (Å²) in [4.78, 5) is 27.1. The minimum atomic E-state index is -0.0952. The normalized spacial score (nSPS) is 16.9. The van der Waals surface area contributed by atoms with E-state index in [4.69, 9.17) is 0 Å². The maximum absolute atomic E-state index is 12.1. The Bertz CT molecular complexity index is 489. The fourth-order valence-electron chi connectivity index (χ4n) is 2.50. The quantitative estimate of drug-likeness (QED) is 0.876. The number of piperidine rings is 1. The molecular formula is C13H22N4O2S. The first-order chi connectivity index (χ1) is 9.56. The smallest absolute Gasteiger partial charge is 0.322 e. The van der Waals surface area contributed by atoms with Crippen LogP contribution in [0.4, 0.5) is 0 Å². The molecule has 1 fully saturated rings. The summed E-state index contributed by atoms with van der Waals surface area (Å²) in [5.41, 5.74) is 0. The molecule has 0 unspecified atom stereocenters. The number of carbonyl (C=O) groups excluding carboxylic acids is 1. The predicted molar refractivity (Wildman–Crippen MR) is 79.1 cm³/mol. The van der Waals surface area contributed by atoms with Gasteiger partial charge < -0.3 is 9.80 Å². The Balaban J connectivity index is 1.76. The molecule has 1 saturated heterocycles. The zero-order valence-corrected chi connectivity index (χ0v) is 12.9. The molecule has 0 bridgehead atoms. The number of likely N-dealkylation sites (tertiary alicyclic amines) is 1. The van der Waals surface area contributed by atoms with E-state index in [1.165, 1.54) is 11.3 Å². The number of nitrogens with one attached hydrogen (secondary N) is 1. The molecule has 0 aromatic carbocycles. The van der Waals surface area contributed by atoms with Crippen molar-refractivity contribution in [3.63, 3.8) is 0 Å². The Labute approximate surface area is 122 Å². The second-order valence-electron chi connectivity index (χ2n) is 5.51. The van der Waals surface area contributed by atoms with Crippen LogP contribution in [0.15, 0.2) is 4.79 Å². The molecule has 20 heavy (non-hydrogen) atoms. The molecule has 0 radical (unpaired) electrons. The highest BCUT2D eigenvalue weighted by molar-refractivity contribution is 7.08. The van der Waals surface area contributed by atoms with Gasteiger partial charge in [0.05, 0.1) is 0 Å². The minimum Gasteiger partial charge on any atom is -0.343 e. The molecule has 0 spiro atoms. The fourth-order valence-corrected chi connectivity index (χ4v) is 3.27. The summed E-state index contributed by atoms with van der Waals surface area (Å²) >= 11 is 1.19. The summed E-state index contributed by atoms with van der Waals surface area (Å²) in [6.07, 6.45) is 3.34. The van der Waals surface area contributed by atoms with E-state index in [9.17, 15) is 9.59 Å². The van der Waals surface area contributed by atoms with Gasteiger partial charge in [-0.2, -0.15) is 5.10 Å². The zero-order chi connectivity index (χ0) is 14.5. The van der Waals surface area contributed by atoms with Crippen molar-refractivity contribution in [2.24, 2.45) is 0 Å². The third kappa shape index (κ3) is 4.14. The molecule has 1 amide bonds. The lowest BCUT2D eigenvalue weighted by Crippen LogP contribution is -2.38. The molecule has 1 aromatic rings. The van der Waals surface area contributed by atoms with E-state index in [0.717, 1.165) is 43.9 Å². The lowest BCUT2D eigenvalue weighted by molar-refractivity contribution is -0.132. The molecule has 1 aromatic heterocycles. The van der Waals surface area contributed by atoms with Crippen molar-refractivity contribution in [3.05, 3.63) is 14.7 Å². The van der Waals surface area contributed by atoms with Crippen LogP contribution < -0.4 is 4.87 Å². The molecule has 1 N–H and O–H groups in total. The number of amides is 1. The van der Waals surface area contributed by atoms with Crippen molar-refractivity contribution < 1.29 is 4.79 Å². The van der Waals surface area contributed by atoms with E-state index < -0.39 is 0 Å². The van der Waals surface area contributed by atoms with Crippen molar-refractivity contribution in [2.45, 2.75) is 31.6 Å². The van der Waals surface area contributed by atoms with Crippen molar-refractivity contribution in [3.8, 4) is 0 Å². The van der Waals surface area contributed by atoms with Gasteiger partial charge in [0.25, 0.3) is 0 Å². The molecule has 6 nitrogen and oxygen atoms in total. The van der Waals surface area contributed by atoms with Crippen LogP contribution in [-0.4, -0.2) is 59.6 Å². The summed E-state index contributed by atoms with van der Waals surface area (Å²) in [6.45, 7) is 2.50. The highest BCUT2D eigenvalue weighted by Crippen LogP contribution is 2.27. The third-order valence-electron chi connectivity index (χ3n) is 3.65. The van der Waals surface area contributed by atoms with Crippen molar-refractivity contribution in [2.75, 3.05) is 33.7 Å². The molecule has 0 atom stereocenters. The lowest BCUT2D eigenvalue weighted by atomic mass is 9.97. The van der Waals surface area contributed by atoms with Crippen molar-refractivity contribution in [1.82, 2.24) is 20.0 Å². The van der Waals surface area contributed by atoms with Gasteiger partial charge in [-0.1, -0.05) is 11.3 Å². The number of H-pyrrole nitrogens is 1. The van der Waals surface area contributed by atoms with Crippen LogP contribution in [0, 0.1) is 0 Å². The van der Waals surface area contributed by atoms with Crippen LogP contribution in [0.2, 0.25) is 0 Å². The van der Waals surface area contributed by atoms with Gasteiger partial charge in [-0.25, -0.2) is 5.10 Å². The molecule has 2 rings (SSSR count). The van der Waals surface area contributed by atoms with Gasteiger partial charge in [-0.05, 0) is 39.9 Å². The number of aromatic nitrogens is 2. The van der Waals surface area contributed by atoms with Gasteiger partial charge in [0.15, 0.2) is 0 Å². The van der Waals surface area contributed by atoms with Gasteiger partial charge in [-0.3, -0.25) is 9.59 Å². The highest BCUT2D eigenvalue weighted by atomic mass is 32.1. The van der Waals surface area contributed by atoms with Crippen molar-refractivity contribution in [1.29, 1.82) is 0 Å². The number of hydrogen-bond donors (Lipinski definition) is 1. The third-order valence-corrected chi connectivity index (χ3v) is 4.56. The lowest BCUT2D eigenvalue weighted by Gasteiger charge is -2.31. The fraction of sp³-hybridized carbons (Fsp3) is 0.769. The molecule has 1 aliphatic heterocycles. The van der Waals surface area contributed by atoms with Gasteiger partial charge in [0.1, 0.15) is 5.01 Å². The van der Waals surface area contributed by atoms with Crippen LogP contribution in [0.5, 0.6) is 0 Å². The van der Waals surface area contributed by atoms with Gasteiger partial charge in [-0.15, -0.1) is 0 Å². The van der Waals surface area contributed by atoms with Crippen LogP contribution in [0.3, 0.4) is 0 Å². The topological polar surface area (TPSA) is 69.3 Å². The average molecular weight is 298 g/mol. The molecule has 2 heterocycles. The maximum Gasteiger partial charge on any atom is 0.322 e. The summed E-state index contributed by atoms with van der Waals surface area (Å²) in [5, 5.41) is 7.40. The van der Waals surface area contributed by atoms with E-state index in [-0.39, 0.29) is 10.8 Å². The predicted octanol–water partition coefficient (Wildman–Crippen LogP) is 0.879. The number of carbonyl (C=O) groups is 1. The van der Waals surface area contributed by atoms with Crippen LogP contribution in [-0.2, 0) is 4.79 Å². The summed E-state index contributed by atoms with van der Waals surface area (Å²) in [6, 6.07) is 0. The number of nitrogens with zero attached hydrogens (tertiary/aromatic N) is 3. The summed E-state index contributed by atoms with van der Waals surface area (Å²) in [7, 11) is 4.04. The Hall–Kier alpha value is -1.21. The second-order valence-corrected chi connectivity index (χ2v) is 6.51. The Morgan fingerprint density at radius 2 is 2.15 bits per heavy atom. The standard InChI is InChI=1S/C13H22N4O2S/c1-16(2)7-3-4-11(18)17-8-5-10(6-9-17)12-14-15-13(19)20-12/h10H,3-9H2,1-2H3,(H,15,19). The van der Waals surface area contributed by atoms with Gasteiger partial charge >= 0.3 is 4.87 Å². The Morgan fingerprint density at radius 1 is 1.45 bits per heavy atom. The van der Waals surface area contributed by atoms with Crippen LogP contribution in [0.25, 0.3) is 0 Å². The summed E-state index contributed by atoms with van der Waals surface area (Å²) in [5.74, 6) is 0.574. The number of aromatic amines is 1. The first-order valence-corrected chi connectivity index (χ1v) is 7.86. The highest BCUT2D eigenvalue weighted by Gasteiger charge is 2.25. The summed E-state index contributed by atoms with van der Waals surface area (Å²) < 4.78 is 0. The number of hydrogen-bond acceptors (Lipinski definition) is 5. The largest absolute Gasteiger partial charge is 0.343 e. The zero-order valence-electron chi connectivity index (χ0n) is 12.1. The average Bonchev–Trinajstić information content (AvgIpc) is 2.85. The molecule has 1 aliphatic rings. The monoisotopic (exact) mass is 298 g/mol. The molecule has 0 saturated carbocycles. The van der Waals surface area contributed by atoms with E-state index in [2.05, 4.69) is 15.1 Å². The van der Waals surface area contributed by atoms with E-state index in [0.29, 0.717) is 12.3 Å². The molecule has 0 aliphatic carbocycles. The van der Waals surface area contributed by atoms with E-state index >= 15 is 0 Å². The van der Waals surface area contributed by atoms with Crippen LogP contribution >= 0.6 is 11.3 Å². The second kappa shape index (κ2) is 6.99. The Morgan fingerprint density at radius 3 is 2.70 bits per heavy atom. The van der Waals surface area contributed by atoms with Crippen molar-refractivity contribution >= 4 is 17.2 Å². The van der Waals surface area contributed by atoms with E-state index in [1.807, 2.05) is 19.0 Å². The van der Waals surface area contributed by atoms with Gasteiger partial charge in [0, 0.05) is 25.4 Å². The minimum absolute atomic E-state index is 0.0952.